The smallest absolute Gasteiger partial charge is 0.147 e. The molecule has 0 saturated heterocycles. The Hall–Kier alpha value is -7.67. The molecule has 5 nitrogen and oxygen atoms in total. The summed E-state index contributed by atoms with van der Waals surface area (Å²) < 4.78 is 3.34. The fourth-order valence-corrected chi connectivity index (χ4v) is 8.99. The highest BCUT2D eigenvalue weighted by Crippen LogP contribution is 2.40. The van der Waals surface area contributed by atoms with E-state index < -0.39 is 0 Å². The van der Waals surface area contributed by atoms with E-state index in [0.717, 1.165) is 83.7 Å². The molecule has 0 bridgehead atoms. The van der Waals surface area contributed by atoms with Crippen LogP contribution in [-0.2, 0) is 6.54 Å². The summed E-state index contributed by atoms with van der Waals surface area (Å²) in [5.41, 5.74) is 16.3. The molecule has 314 valence electrons. The van der Waals surface area contributed by atoms with Gasteiger partial charge in [-0.25, -0.2) is 9.97 Å². The van der Waals surface area contributed by atoms with Crippen LogP contribution in [0.15, 0.2) is 218 Å². The number of benzene rings is 8. The molecule has 8 aromatic carbocycles. The van der Waals surface area contributed by atoms with Gasteiger partial charge in [-0.15, -0.1) is 24.5 Å². The Morgan fingerprint density at radius 2 is 1.22 bits per heavy atom. The summed E-state index contributed by atoms with van der Waals surface area (Å²) in [4.78, 5) is 18.2. The van der Waals surface area contributed by atoms with E-state index in [-0.39, 0.29) is 0 Å². The van der Waals surface area contributed by atoms with Gasteiger partial charge in [-0.3, -0.25) is 9.56 Å². The van der Waals surface area contributed by atoms with Crippen LogP contribution in [0.5, 0.6) is 0 Å². The minimum absolute atomic E-state index is 0.744. The summed E-state index contributed by atoms with van der Waals surface area (Å²) in [6, 6.07) is 69.8. The van der Waals surface area contributed by atoms with Crippen molar-refractivity contribution in [2.45, 2.75) is 34.2 Å². The van der Waals surface area contributed by atoms with E-state index in [1.54, 1.807) is 11.3 Å². The minimum Gasteiger partial charge on any atom is -0.337 e. The van der Waals surface area contributed by atoms with Gasteiger partial charge in [-0.2, -0.15) is 0 Å². The zero-order valence-corrected chi connectivity index (χ0v) is 37.6. The molecule has 0 amide bonds. The Labute approximate surface area is 381 Å². The van der Waals surface area contributed by atoms with Crippen LogP contribution in [0.1, 0.15) is 34.7 Å². The first-order valence-corrected chi connectivity index (χ1v) is 22.3. The summed E-state index contributed by atoms with van der Waals surface area (Å²) in [6.07, 6.45) is 0. The van der Waals surface area contributed by atoms with Gasteiger partial charge in [0.25, 0.3) is 0 Å². The molecule has 0 aliphatic rings. The number of para-hydroxylation sites is 6. The van der Waals surface area contributed by atoms with Crippen molar-refractivity contribution >= 4 is 55.4 Å². The number of fused-ring (bicyclic) bond motifs is 2. The molecule has 0 radical (unpaired) electrons. The first kappa shape index (κ1) is 43.0. The molecule has 0 atom stereocenters. The van der Waals surface area contributed by atoms with Crippen molar-refractivity contribution in [3.63, 3.8) is 0 Å². The summed E-state index contributed by atoms with van der Waals surface area (Å²) in [6.45, 7) is 15.2. The zero-order chi connectivity index (χ0) is 44.4. The molecule has 0 unspecified atom stereocenters. The lowest BCUT2D eigenvalue weighted by molar-refractivity contribution is 0.969. The third-order valence-corrected chi connectivity index (χ3v) is 12.2. The van der Waals surface area contributed by atoms with Crippen LogP contribution in [0.4, 0.5) is 17.1 Å². The molecular weight excluding hydrogens is 799 g/mol. The number of anilines is 2. The van der Waals surface area contributed by atoms with Crippen molar-refractivity contribution in [2.24, 2.45) is 4.99 Å². The summed E-state index contributed by atoms with van der Waals surface area (Å²) in [7, 11) is 0. The van der Waals surface area contributed by atoms with Crippen molar-refractivity contribution in [3.8, 4) is 27.6 Å². The van der Waals surface area contributed by atoms with Crippen molar-refractivity contribution in [2.75, 3.05) is 4.90 Å². The highest BCUT2D eigenvalue weighted by atomic mass is 32.1. The van der Waals surface area contributed by atoms with Gasteiger partial charge < -0.3 is 4.90 Å². The summed E-state index contributed by atoms with van der Waals surface area (Å²) in [5, 5.41) is 0.958. The number of aromatic nitrogens is 3. The van der Waals surface area contributed by atoms with Gasteiger partial charge in [-0.1, -0.05) is 151 Å². The molecule has 0 fully saturated rings. The van der Waals surface area contributed by atoms with Crippen LogP contribution in [0, 0.1) is 20.8 Å². The third-order valence-electron chi connectivity index (χ3n) is 11.1. The number of thiazole rings is 1. The van der Waals surface area contributed by atoms with Crippen LogP contribution in [-0.4, -0.2) is 20.2 Å². The Morgan fingerprint density at radius 3 is 1.89 bits per heavy atom. The van der Waals surface area contributed by atoms with Crippen molar-refractivity contribution in [1.29, 1.82) is 0 Å². The number of hydrogen-bond donors (Lipinski definition) is 0. The molecule has 0 saturated carbocycles. The van der Waals surface area contributed by atoms with E-state index >= 15 is 0 Å². The van der Waals surface area contributed by atoms with E-state index in [1.807, 2.05) is 36.4 Å². The van der Waals surface area contributed by atoms with Gasteiger partial charge in [0.2, 0.25) is 0 Å². The van der Waals surface area contributed by atoms with Gasteiger partial charge in [0.15, 0.2) is 0 Å². The zero-order valence-electron chi connectivity index (χ0n) is 36.8. The number of aliphatic imine (C=N–C) groups is 1. The first-order chi connectivity index (χ1) is 31.4. The van der Waals surface area contributed by atoms with Crippen molar-refractivity contribution < 1.29 is 0 Å². The Bertz CT molecular complexity index is 3150. The maximum Gasteiger partial charge on any atom is 0.147 e. The van der Waals surface area contributed by atoms with E-state index in [4.69, 9.17) is 15.0 Å². The monoisotopic (exact) mass is 849 g/mol. The number of nitrogens with zero attached hydrogens (tertiary/aromatic N) is 5. The highest BCUT2D eigenvalue weighted by Gasteiger charge is 2.22. The van der Waals surface area contributed by atoms with Crippen molar-refractivity contribution in [1.82, 2.24) is 14.5 Å². The lowest BCUT2D eigenvalue weighted by Crippen LogP contribution is -2.17. The lowest BCUT2D eigenvalue weighted by Gasteiger charge is -2.27. The molecule has 0 aliphatic carbocycles. The lowest BCUT2D eigenvalue weighted by atomic mass is 10.1. The van der Waals surface area contributed by atoms with Gasteiger partial charge in [-0.05, 0) is 99.0 Å². The molecule has 0 N–H and O–H groups in total. The quantitative estimate of drug-likeness (QED) is 0.107. The maximum absolute atomic E-state index is 5.43. The normalized spacial score (nSPS) is 11.1. The number of aryl methyl sites for hydroxylation is 3. The standard InChI is InChI=1S/C49H39N5S.C7H8.C2H4/c1-33-16-10-12-22-42(33)50-35(3)40-30-31-41(48-51-43-23-13-15-25-45(43)54(48)39-20-8-5-9-21-39)46-47(40)55-49(52-46)37-28-26-36(27-29-37)32-53(38-18-6-4-7-19-38)44-24-14-11-17-34(44)2;1-7-5-3-2-4-6-7;1-2/h4-31H,32H2,1-3H3;2-6H,1H3;1-2H2. The van der Waals surface area contributed by atoms with Crippen LogP contribution in [0.2, 0.25) is 0 Å². The Morgan fingerprint density at radius 1 is 0.609 bits per heavy atom. The fraction of sp³-hybridized carbons (Fsp3) is 0.0862. The second-order valence-corrected chi connectivity index (χ2v) is 16.5. The average molecular weight is 850 g/mol. The number of imidazole rings is 1. The molecule has 2 aromatic heterocycles. The molecule has 64 heavy (non-hydrogen) atoms. The molecule has 10 rings (SSSR count). The van der Waals surface area contributed by atoms with Crippen molar-refractivity contribution in [3.05, 3.63) is 241 Å². The Kier molecular flexibility index (Phi) is 13.4. The minimum atomic E-state index is 0.744. The fourth-order valence-electron chi connectivity index (χ4n) is 7.83. The SMILES string of the molecule is C=C.CC(=Nc1ccccc1C)c1ccc(-c2nc3ccccc3n2-c2ccccc2)c2nc(-c3ccc(CN(c4ccccc4)c4ccccc4C)cc3)sc12.Cc1ccccc1. The molecular formula is C58H51N5S. The third kappa shape index (κ3) is 9.38. The van der Waals surface area contributed by atoms with Gasteiger partial charge in [0, 0.05) is 46.0 Å². The van der Waals surface area contributed by atoms with Crippen LogP contribution in [0.3, 0.4) is 0 Å². The predicted molar refractivity (Wildman–Crippen MR) is 274 cm³/mol. The summed E-state index contributed by atoms with van der Waals surface area (Å²) >= 11 is 1.71. The first-order valence-electron chi connectivity index (χ1n) is 21.5. The van der Waals surface area contributed by atoms with Crippen LogP contribution < -0.4 is 4.90 Å². The Balaban J connectivity index is 0.000000563. The summed E-state index contributed by atoms with van der Waals surface area (Å²) in [5.74, 6) is 0.863. The largest absolute Gasteiger partial charge is 0.337 e. The maximum atomic E-state index is 5.43. The molecule has 0 spiro atoms. The predicted octanol–water partition coefficient (Wildman–Crippen LogP) is 15.9. The van der Waals surface area contributed by atoms with Crippen LogP contribution >= 0.6 is 11.3 Å². The van der Waals surface area contributed by atoms with Gasteiger partial charge >= 0.3 is 0 Å². The second-order valence-electron chi connectivity index (χ2n) is 15.5. The van der Waals surface area contributed by atoms with E-state index in [1.165, 1.54) is 22.4 Å². The highest BCUT2D eigenvalue weighted by molar-refractivity contribution is 7.22. The van der Waals surface area contributed by atoms with Gasteiger partial charge in [0.1, 0.15) is 10.8 Å². The molecule has 6 heteroatoms. The van der Waals surface area contributed by atoms with Gasteiger partial charge in [0.05, 0.1) is 26.9 Å². The number of hydrogen-bond acceptors (Lipinski definition) is 5. The topological polar surface area (TPSA) is 46.3 Å². The van der Waals surface area contributed by atoms with E-state index in [2.05, 4.69) is 214 Å². The van der Waals surface area contributed by atoms with E-state index in [0.29, 0.717) is 0 Å². The molecule has 2 heterocycles. The average Bonchev–Trinajstić information content (AvgIpc) is 3.97. The number of rotatable bonds is 9. The molecule has 0 aliphatic heterocycles. The second kappa shape index (κ2) is 20.0. The molecule has 10 aromatic rings. The van der Waals surface area contributed by atoms with E-state index in [9.17, 15) is 0 Å². The van der Waals surface area contributed by atoms with Crippen LogP contribution in [0.25, 0.3) is 48.9 Å².